The van der Waals surface area contributed by atoms with Crippen molar-refractivity contribution in [3.8, 4) is 0 Å². The van der Waals surface area contributed by atoms with Gasteiger partial charge in [-0.2, -0.15) is 8.42 Å². The first-order valence-electron chi connectivity index (χ1n) is 4.83. The molecule has 0 bridgehead atoms. The fourth-order valence-electron chi connectivity index (χ4n) is 1.72. The second-order valence-electron chi connectivity index (χ2n) is 3.74. The molecule has 1 aromatic heterocycles. The van der Waals surface area contributed by atoms with Crippen molar-refractivity contribution < 1.29 is 17.1 Å². The molecule has 1 saturated heterocycles. The van der Waals surface area contributed by atoms with Crippen LogP contribution in [0.25, 0.3) is 0 Å². The fraction of sp³-hybridized carbons (Fsp3) is 0.333. The number of carbonyl (C=O) groups is 1. The lowest BCUT2D eigenvalue weighted by Gasteiger charge is -2.17. The van der Waals surface area contributed by atoms with Gasteiger partial charge in [0.25, 0.3) is 0 Å². The number of pyridine rings is 1. The zero-order chi connectivity index (χ0) is 12.6. The van der Waals surface area contributed by atoms with E-state index in [9.17, 15) is 17.1 Å². The van der Waals surface area contributed by atoms with Crippen molar-refractivity contribution in [3.05, 3.63) is 18.5 Å². The maximum absolute atomic E-state index is 12.8. The maximum atomic E-state index is 12.8. The first-order chi connectivity index (χ1) is 7.89. The van der Waals surface area contributed by atoms with E-state index in [1.165, 1.54) is 18.5 Å². The third kappa shape index (κ3) is 2.21. The van der Waals surface area contributed by atoms with E-state index in [0.29, 0.717) is 11.4 Å². The van der Waals surface area contributed by atoms with Crippen LogP contribution in [0.1, 0.15) is 6.42 Å². The predicted molar refractivity (Wildman–Crippen MR) is 59.4 cm³/mol. The summed E-state index contributed by atoms with van der Waals surface area (Å²) in [7, 11) is -4.71. The summed E-state index contributed by atoms with van der Waals surface area (Å²) < 4.78 is 34.3. The maximum Gasteiger partial charge on any atom is 0.307 e. The largest absolute Gasteiger partial charge is 0.397 e. The van der Waals surface area contributed by atoms with Gasteiger partial charge >= 0.3 is 10.2 Å². The van der Waals surface area contributed by atoms with Gasteiger partial charge in [0.15, 0.2) is 0 Å². The monoisotopic (exact) mass is 259 g/mol. The molecule has 1 aromatic rings. The molecular weight excluding hydrogens is 249 g/mol. The first kappa shape index (κ1) is 11.8. The zero-order valence-electron chi connectivity index (χ0n) is 8.71. The van der Waals surface area contributed by atoms with E-state index in [0.717, 1.165) is 4.90 Å². The van der Waals surface area contributed by atoms with Crippen LogP contribution in [0.4, 0.5) is 15.3 Å². The minimum absolute atomic E-state index is 0.229. The van der Waals surface area contributed by atoms with Crippen LogP contribution in [-0.2, 0) is 15.0 Å². The van der Waals surface area contributed by atoms with E-state index in [2.05, 4.69) is 4.98 Å². The summed E-state index contributed by atoms with van der Waals surface area (Å²) in [5, 5.41) is -1.32. The summed E-state index contributed by atoms with van der Waals surface area (Å²) in [6.45, 7) is -0.229. The topological polar surface area (TPSA) is 93.4 Å². The summed E-state index contributed by atoms with van der Waals surface area (Å²) in [5.41, 5.74) is 6.25. The first-order valence-corrected chi connectivity index (χ1v) is 6.27. The van der Waals surface area contributed by atoms with E-state index < -0.39 is 21.4 Å². The summed E-state index contributed by atoms with van der Waals surface area (Å²) in [4.78, 5) is 16.5. The molecule has 0 spiro atoms. The molecule has 0 saturated carbocycles. The van der Waals surface area contributed by atoms with Crippen LogP contribution >= 0.6 is 0 Å². The Hall–Kier alpha value is -1.70. The highest BCUT2D eigenvalue weighted by Gasteiger charge is 2.39. The van der Waals surface area contributed by atoms with Crippen LogP contribution in [0.3, 0.4) is 0 Å². The highest BCUT2D eigenvalue weighted by atomic mass is 32.3. The van der Waals surface area contributed by atoms with Crippen LogP contribution in [0, 0.1) is 0 Å². The molecule has 1 fully saturated rings. The lowest BCUT2D eigenvalue weighted by Crippen LogP contribution is -2.27. The molecule has 2 heterocycles. The number of hydrogen-bond donors (Lipinski definition) is 1. The number of nitrogens with zero attached hydrogens (tertiary/aromatic N) is 2. The second-order valence-corrected chi connectivity index (χ2v) is 5.36. The number of halogens is 1. The molecule has 0 aromatic carbocycles. The Morgan fingerprint density at radius 2 is 2.24 bits per heavy atom. The molecule has 92 valence electrons. The van der Waals surface area contributed by atoms with E-state index in [4.69, 9.17) is 5.73 Å². The normalized spacial score (nSPS) is 20.9. The van der Waals surface area contributed by atoms with Gasteiger partial charge in [-0.3, -0.25) is 9.78 Å². The van der Waals surface area contributed by atoms with Crippen molar-refractivity contribution in [3.63, 3.8) is 0 Å². The number of nitrogen functional groups attached to an aromatic ring is 1. The second kappa shape index (κ2) is 3.95. The molecule has 1 unspecified atom stereocenters. The average molecular weight is 259 g/mol. The number of hydrogen-bond acceptors (Lipinski definition) is 5. The minimum atomic E-state index is -4.71. The van der Waals surface area contributed by atoms with Gasteiger partial charge < -0.3 is 10.6 Å². The smallest absolute Gasteiger partial charge is 0.307 e. The summed E-state index contributed by atoms with van der Waals surface area (Å²) in [5.74, 6) is -0.476. The molecular formula is C9H10FN3O3S. The van der Waals surface area contributed by atoms with E-state index in [1.807, 2.05) is 0 Å². The molecule has 0 aliphatic carbocycles. The van der Waals surface area contributed by atoms with E-state index >= 15 is 0 Å². The Morgan fingerprint density at radius 1 is 1.53 bits per heavy atom. The minimum Gasteiger partial charge on any atom is -0.397 e. The molecule has 1 atom stereocenters. The molecule has 1 aliphatic rings. The van der Waals surface area contributed by atoms with Crippen LogP contribution in [0.15, 0.2) is 18.5 Å². The zero-order valence-corrected chi connectivity index (χ0v) is 9.52. The lowest BCUT2D eigenvalue weighted by molar-refractivity contribution is -0.117. The van der Waals surface area contributed by atoms with Crippen LogP contribution < -0.4 is 10.6 Å². The van der Waals surface area contributed by atoms with Crippen LogP contribution in [0.2, 0.25) is 0 Å². The fourth-order valence-corrected chi connectivity index (χ4v) is 2.39. The highest BCUT2D eigenvalue weighted by Crippen LogP contribution is 2.28. The Morgan fingerprint density at radius 3 is 2.76 bits per heavy atom. The number of amides is 1. The van der Waals surface area contributed by atoms with Crippen molar-refractivity contribution >= 4 is 27.5 Å². The molecule has 1 aliphatic heterocycles. The van der Waals surface area contributed by atoms with Gasteiger partial charge in [-0.15, -0.1) is 3.89 Å². The quantitative estimate of drug-likeness (QED) is 0.758. The van der Waals surface area contributed by atoms with Gasteiger partial charge in [0.2, 0.25) is 5.91 Å². The number of anilines is 2. The van der Waals surface area contributed by atoms with Gasteiger partial charge in [0.1, 0.15) is 5.25 Å². The Labute approximate surface area is 97.5 Å². The number of carbonyl (C=O) groups excluding carboxylic acids is 1. The van der Waals surface area contributed by atoms with Crippen molar-refractivity contribution in [2.24, 2.45) is 0 Å². The molecule has 6 nitrogen and oxygen atoms in total. The Bertz CT molecular complexity index is 560. The van der Waals surface area contributed by atoms with Gasteiger partial charge in [-0.05, 0) is 6.07 Å². The third-order valence-electron chi connectivity index (χ3n) is 2.61. The van der Waals surface area contributed by atoms with Gasteiger partial charge in [0, 0.05) is 19.2 Å². The van der Waals surface area contributed by atoms with Gasteiger partial charge in [-0.1, -0.05) is 0 Å². The van der Waals surface area contributed by atoms with E-state index in [-0.39, 0.29) is 13.0 Å². The Kier molecular flexibility index (Phi) is 2.74. The van der Waals surface area contributed by atoms with Crippen LogP contribution in [0.5, 0.6) is 0 Å². The number of aromatic nitrogens is 1. The van der Waals surface area contributed by atoms with Crippen LogP contribution in [-0.4, -0.2) is 31.1 Å². The molecule has 2 rings (SSSR count). The van der Waals surface area contributed by atoms with Crippen molar-refractivity contribution in [2.45, 2.75) is 11.7 Å². The molecule has 17 heavy (non-hydrogen) atoms. The molecule has 0 radical (unpaired) electrons. The Balaban J connectivity index is 2.31. The summed E-state index contributed by atoms with van der Waals surface area (Å²) in [6, 6.07) is 1.49. The third-order valence-corrected chi connectivity index (χ3v) is 3.72. The summed E-state index contributed by atoms with van der Waals surface area (Å²) in [6.07, 6.45) is 2.43. The summed E-state index contributed by atoms with van der Waals surface area (Å²) >= 11 is 0. The predicted octanol–water partition coefficient (Wildman–Crippen LogP) is 0.0684. The molecule has 2 N–H and O–H groups in total. The average Bonchev–Trinajstić information content (AvgIpc) is 2.61. The van der Waals surface area contributed by atoms with Gasteiger partial charge in [-0.25, -0.2) is 0 Å². The van der Waals surface area contributed by atoms with Crippen molar-refractivity contribution in [1.29, 1.82) is 0 Å². The SMILES string of the molecule is Nc1ccncc1N1CC(S(=O)(=O)F)CC1=O. The highest BCUT2D eigenvalue weighted by molar-refractivity contribution is 7.87. The lowest BCUT2D eigenvalue weighted by atomic mass is 10.3. The van der Waals surface area contributed by atoms with Gasteiger partial charge in [0.05, 0.1) is 17.6 Å². The van der Waals surface area contributed by atoms with E-state index in [1.54, 1.807) is 0 Å². The standard InChI is InChI=1S/C9H10FN3O3S/c10-17(15,16)6-3-9(14)13(5-6)8-4-12-2-1-7(8)11/h1-2,4,6H,3,5H2,(H2,11,12). The number of nitrogens with two attached hydrogens (primary N) is 1. The molecule has 1 amide bonds. The number of rotatable bonds is 2. The molecule has 8 heteroatoms. The van der Waals surface area contributed by atoms with Crippen molar-refractivity contribution in [2.75, 3.05) is 17.2 Å². The van der Waals surface area contributed by atoms with Crippen molar-refractivity contribution in [1.82, 2.24) is 4.98 Å².